The summed E-state index contributed by atoms with van der Waals surface area (Å²) >= 11 is 7.02. The third-order valence-electron chi connectivity index (χ3n) is 4.99. The smallest absolute Gasteiger partial charge is 0.431 e. The van der Waals surface area contributed by atoms with Gasteiger partial charge < -0.3 is 4.74 Å². The van der Waals surface area contributed by atoms with Crippen LogP contribution in [0.1, 0.15) is 26.5 Å². The van der Waals surface area contributed by atoms with Crippen molar-refractivity contribution in [2.24, 2.45) is 12.0 Å². The number of hydrogen-bond acceptors (Lipinski definition) is 7. The highest BCUT2D eigenvalue weighted by atomic mass is 35.5. The molecule has 1 aromatic heterocycles. The van der Waals surface area contributed by atoms with Crippen molar-refractivity contribution in [2.45, 2.75) is 26.9 Å². The quantitative estimate of drug-likeness (QED) is 0.312. The monoisotopic (exact) mass is 562 g/mol. The molecular formula is C22H19ClF4N4O5S. The van der Waals surface area contributed by atoms with Gasteiger partial charge in [0.25, 0.3) is 11.5 Å². The SMILES string of the molecule is CCOC(=O)CN1C(=O)C(=C(C)C)S/C1=N\c1cc(-n2c(=O)cc(C(F)(F)F)n(C)c2=O)c(F)cc1Cl. The van der Waals surface area contributed by atoms with Crippen LogP contribution in [0.25, 0.3) is 5.69 Å². The summed E-state index contributed by atoms with van der Waals surface area (Å²) in [5.41, 5.74) is -4.71. The molecule has 0 aliphatic carbocycles. The molecule has 15 heteroatoms. The van der Waals surface area contributed by atoms with Crippen LogP contribution < -0.4 is 11.2 Å². The second-order valence-electron chi connectivity index (χ2n) is 7.82. The van der Waals surface area contributed by atoms with Gasteiger partial charge in [-0.15, -0.1) is 0 Å². The molecule has 0 spiro atoms. The van der Waals surface area contributed by atoms with Gasteiger partial charge in [-0.1, -0.05) is 17.2 Å². The minimum absolute atomic E-state index is 0.0265. The molecule has 0 N–H and O–H groups in total. The largest absolute Gasteiger partial charge is 0.465 e. The predicted octanol–water partition coefficient (Wildman–Crippen LogP) is 3.77. The minimum Gasteiger partial charge on any atom is -0.465 e. The first-order valence-electron chi connectivity index (χ1n) is 10.5. The normalized spacial score (nSPS) is 15.1. The van der Waals surface area contributed by atoms with Crippen LogP contribution in [0.15, 0.2) is 43.3 Å². The Labute approximate surface area is 216 Å². The molecule has 1 fully saturated rings. The van der Waals surface area contributed by atoms with Crippen LogP contribution in [-0.4, -0.2) is 44.2 Å². The number of alkyl halides is 3. The van der Waals surface area contributed by atoms with Crippen molar-refractivity contribution < 1.29 is 31.9 Å². The molecule has 198 valence electrons. The summed E-state index contributed by atoms with van der Waals surface area (Å²) in [5.74, 6) is -2.44. The van der Waals surface area contributed by atoms with Crippen LogP contribution in [0.4, 0.5) is 23.2 Å². The van der Waals surface area contributed by atoms with Crippen LogP contribution in [0.5, 0.6) is 0 Å². The predicted molar refractivity (Wildman–Crippen MR) is 129 cm³/mol. The standard InChI is InChI=1S/C22H19ClF4N4O5S/c1-5-36-17(33)9-30-19(34)18(10(2)3)37-20(30)28-13-7-14(12(24)6-11(13)23)31-16(32)8-15(22(25,26)27)29(4)21(31)35/h6-8H,5,9H2,1-4H3/b28-20-. The van der Waals surface area contributed by atoms with Gasteiger partial charge in [0, 0.05) is 13.1 Å². The van der Waals surface area contributed by atoms with E-state index in [1.807, 2.05) is 0 Å². The first kappa shape index (κ1) is 28.2. The average Bonchev–Trinajstić information content (AvgIpc) is 3.08. The molecule has 0 bridgehead atoms. The number of amidine groups is 1. The molecule has 0 unspecified atom stereocenters. The number of amides is 1. The van der Waals surface area contributed by atoms with Crippen molar-refractivity contribution >= 4 is 46.1 Å². The van der Waals surface area contributed by atoms with Crippen molar-refractivity contribution in [1.82, 2.24) is 14.0 Å². The molecular weight excluding hydrogens is 544 g/mol. The highest BCUT2D eigenvalue weighted by molar-refractivity contribution is 8.18. The van der Waals surface area contributed by atoms with Crippen molar-refractivity contribution in [3.05, 3.63) is 66.0 Å². The van der Waals surface area contributed by atoms with E-state index in [2.05, 4.69) is 4.99 Å². The van der Waals surface area contributed by atoms with Crippen LogP contribution in [-0.2, 0) is 27.5 Å². The summed E-state index contributed by atoms with van der Waals surface area (Å²) in [6.07, 6.45) is -5.00. The fourth-order valence-corrected chi connectivity index (χ4v) is 4.46. The number of allylic oxidation sites excluding steroid dienone is 1. The van der Waals surface area contributed by atoms with Crippen LogP contribution in [0.2, 0.25) is 5.02 Å². The summed E-state index contributed by atoms with van der Waals surface area (Å²) in [4.78, 5) is 55.5. The van der Waals surface area contributed by atoms with Crippen molar-refractivity contribution in [3.63, 3.8) is 0 Å². The van der Waals surface area contributed by atoms with E-state index in [0.717, 1.165) is 35.8 Å². The first-order valence-corrected chi connectivity index (χ1v) is 11.7. The average molecular weight is 563 g/mol. The third-order valence-corrected chi connectivity index (χ3v) is 6.58. The van der Waals surface area contributed by atoms with E-state index in [1.165, 1.54) is 0 Å². The number of rotatable bonds is 5. The molecule has 0 radical (unpaired) electrons. The maximum atomic E-state index is 14.8. The third kappa shape index (κ3) is 5.64. The lowest BCUT2D eigenvalue weighted by atomic mass is 10.2. The lowest BCUT2D eigenvalue weighted by Crippen LogP contribution is -2.41. The summed E-state index contributed by atoms with van der Waals surface area (Å²) in [5, 5.41) is -0.318. The topological polar surface area (TPSA) is 103 Å². The van der Waals surface area contributed by atoms with Gasteiger partial charge in [-0.05, 0) is 44.7 Å². The Bertz CT molecular complexity index is 1480. The van der Waals surface area contributed by atoms with Crippen molar-refractivity contribution in [3.8, 4) is 5.69 Å². The lowest BCUT2D eigenvalue weighted by Gasteiger charge is -2.16. The van der Waals surface area contributed by atoms with E-state index in [4.69, 9.17) is 16.3 Å². The molecule has 2 heterocycles. The number of aliphatic imine (C=N–C) groups is 1. The zero-order valence-corrected chi connectivity index (χ0v) is 21.3. The molecule has 1 aliphatic rings. The number of halogens is 5. The number of benzene rings is 1. The number of carbonyl (C=O) groups excluding carboxylic acids is 2. The molecule has 1 saturated heterocycles. The van der Waals surface area contributed by atoms with Gasteiger partial charge in [0.15, 0.2) is 5.17 Å². The molecule has 1 amide bonds. The number of carbonyl (C=O) groups is 2. The number of thioether (sulfide) groups is 1. The zero-order valence-electron chi connectivity index (χ0n) is 19.8. The summed E-state index contributed by atoms with van der Waals surface area (Å²) < 4.78 is 59.6. The molecule has 0 atom stereocenters. The Morgan fingerprint density at radius 3 is 2.38 bits per heavy atom. The van der Waals surface area contributed by atoms with E-state index in [1.54, 1.807) is 20.8 Å². The number of ether oxygens (including phenoxy) is 1. The van der Waals surface area contributed by atoms with E-state index in [0.29, 0.717) is 5.57 Å². The van der Waals surface area contributed by atoms with Crippen LogP contribution >= 0.6 is 23.4 Å². The number of hydrogen-bond donors (Lipinski definition) is 0. The first-order chi connectivity index (χ1) is 17.2. The van der Waals surface area contributed by atoms with Gasteiger partial charge in [-0.25, -0.2) is 18.7 Å². The van der Waals surface area contributed by atoms with Gasteiger partial charge >= 0.3 is 17.8 Å². The molecule has 1 aromatic carbocycles. The molecule has 2 aromatic rings. The maximum Gasteiger partial charge on any atom is 0.431 e. The van der Waals surface area contributed by atoms with Gasteiger partial charge in [0.05, 0.1) is 27.9 Å². The van der Waals surface area contributed by atoms with E-state index in [9.17, 15) is 36.7 Å². The Hall–Kier alpha value is -3.39. The van der Waals surface area contributed by atoms with Crippen LogP contribution in [0.3, 0.4) is 0 Å². The molecule has 3 rings (SSSR count). The molecule has 0 saturated carbocycles. The highest BCUT2D eigenvalue weighted by Crippen LogP contribution is 2.37. The van der Waals surface area contributed by atoms with Gasteiger partial charge in [0.2, 0.25) is 0 Å². The van der Waals surface area contributed by atoms with E-state index in [-0.39, 0.29) is 42.6 Å². The summed E-state index contributed by atoms with van der Waals surface area (Å²) in [6.45, 7) is 4.51. The Balaban J connectivity index is 2.19. The van der Waals surface area contributed by atoms with Gasteiger partial charge in [-0.2, -0.15) is 13.2 Å². The molecule has 9 nitrogen and oxygen atoms in total. The minimum atomic E-state index is -5.00. The second-order valence-corrected chi connectivity index (χ2v) is 9.20. The Morgan fingerprint density at radius 1 is 1.16 bits per heavy atom. The fourth-order valence-electron chi connectivity index (χ4n) is 3.28. The Morgan fingerprint density at radius 2 is 1.81 bits per heavy atom. The number of aromatic nitrogens is 2. The van der Waals surface area contributed by atoms with Gasteiger partial charge in [-0.3, -0.25) is 23.9 Å². The van der Waals surface area contributed by atoms with E-state index >= 15 is 0 Å². The Kier molecular flexibility index (Phi) is 8.03. The summed E-state index contributed by atoms with van der Waals surface area (Å²) in [7, 11) is 0.783. The van der Waals surface area contributed by atoms with Crippen molar-refractivity contribution in [2.75, 3.05) is 13.2 Å². The zero-order chi connectivity index (χ0) is 27.8. The molecule has 37 heavy (non-hydrogen) atoms. The molecule has 1 aliphatic heterocycles. The maximum absolute atomic E-state index is 14.8. The summed E-state index contributed by atoms with van der Waals surface area (Å²) in [6, 6.07) is 1.77. The second kappa shape index (κ2) is 10.5. The lowest BCUT2D eigenvalue weighted by molar-refractivity contribution is -0.145. The highest BCUT2D eigenvalue weighted by Gasteiger charge is 2.37. The number of esters is 1. The van der Waals surface area contributed by atoms with Gasteiger partial charge in [0.1, 0.15) is 18.1 Å². The van der Waals surface area contributed by atoms with E-state index < -0.39 is 53.0 Å². The fraction of sp³-hybridized carbons (Fsp3) is 0.318. The number of nitrogens with zero attached hydrogens (tertiary/aromatic N) is 4. The van der Waals surface area contributed by atoms with Crippen molar-refractivity contribution in [1.29, 1.82) is 0 Å². The van der Waals surface area contributed by atoms with Crippen LogP contribution in [0, 0.1) is 5.82 Å².